The summed E-state index contributed by atoms with van der Waals surface area (Å²) in [7, 11) is -4.07. The fraction of sp³-hybridized carbons (Fsp3) is 0.200. The summed E-state index contributed by atoms with van der Waals surface area (Å²) < 4.78 is 31.8. The minimum Gasteiger partial charge on any atom is -0.466 e. The number of carbonyl (C=O) groups is 2. The summed E-state index contributed by atoms with van der Waals surface area (Å²) in [6, 6.07) is 4.96. The second-order valence-electron chi connectivity index (χ2n) is 5.04. The largest absolute Gasteiger partial charge is 0.466 e. The van der Waals surface area contributed by atoms with Crippen LogP contribution < -0.4 is 10.5 Å². The molecule has 122 valence electrons. The fourth-order valence-electron chi connectivity index (χ4n) is 2.16. The van der Waals surface area contributed by atoms with E-state index in [4.69, 9.17) is 10.2 Å². The molecule has 0 aliphatic heterocycles. The molecule has 0 aliphatic rings. The van der Waals surface area contributed by atoms with Crippen LogP contribution in [0.5, 0.6) is 0 Å². The van der Waals surface area contributed by atoms with Crippen molar-refractivity contribution >= 4 is 21.8 Å². The van der Waals surface area contributed by atoms with Crippen LogP contribution in [0.25, 0.3) is 0 Å². The van der Waals surface area contributed by atoms with Gasteiger partial charge in [0.05, 0.1) is 10.5 Å². The zero-order chi connectivity index (χ0) is 17.4. The molecule has 0 saturated heterocycles. The van der Waals surface area contributed by atoms with E-state index in [9.17, 15) is 18.0 Å². The number of hydrogen-bond donors (Lipinski definition) is 2. The standard InChI is InChI=1S/C15H16N2O5S/c1-8-9(2)22-10(3)13(8)15(19)17-23(20,21)12-6-4-11(5-7-12)14(16)18/h4-7H,1-3H3,(H2,16,18)(H,17,19). The molecule has 0 radical (unpaired) electrons. The van der Waals surface area contributed by atoms with Crippen molar-refractivity contribution in [2.24, 2.45) is 5.73 Å². The quantitative estimate of drug-likeness (QED) is 0.875. The van der Waals surface area contributed by atoms with Gasteiger partial charge in [0.2, 0.25) is 5.91 Å². The van der Waals surface area contributed by atoms with E-state index >= 15 is 0 Å². The molecule has 2 rings (SSSR count). The third-order valence-corrected chi connectivity index (χ3v) is 4.81. The lowest BCUT2D eigenvalue weighted by Crippen LogP contribution is -2.31. The summed E-state index contributed by atoms with van der Waals surface area (Å²) in [5.41, 5.74) is 6.05. The number of carbonyl (C=O) groups excluding carboxylic acids is 2. The van der Waals surface area contributed by atoms with Gasteiger partial charge in [0.25, 0.3) is 15.9 Å². The monoisotopic (exact) mass is 336 g/mol. The maximum atomic E-state index is 12.2. The molecule has 0 saturated carbocycles. The van der Waals surface area contributed by atoms with Crippen molar-refractivity contribution in [2.45, 2.75) is 25.7 Å². The molecule has 0 aliphatic carbocycles. The Hall–Kier alpha value is -2.61. The van der Waals surface area contributed by atoms with E-state index in [1.54, 1.807) is 20.8 Å². The molecule has 0 atom stereocenters. The molecular formula is C15H16N2O5S. The molecule has 1 aromatic carbocycles. The Morgan fingerprint density at radius 1 is 1.04 bits per heavy atom. The van der Waals surface area contributed by atoms with Gasteiger partial charge in [-0.1, -0.05) is 0 Å². The first kappa shape index (κ1) is 16.8. The van der Waals surface area contributed by atoms with Gasteiger partial charge in [0.1, 0.15) is 11.5 Å². The summed E-state index contributed by atoms with van der Waals surface area (Å²) in [6.45, 7) is 4.95. The molecule has 8 heteroatoms. The number of furan rings is 1. The number of amides is 2. The Labute approximate surface area is 133 Å². The van der Waals surface area contributed by atoms with Crippen molar-refractivity contribution in [1.82, 2.24) is 4.72 Å². The van der Waals surface area contributed by atoms with Crippen LogP contribution >= 0.6 is 0 Å². The molecule has 23 heavy (non-hydrogen) atoms. The highest BCUT2D eigenvalue weighted by Crippen LogP contribution is 2.21. The number of aryl methyl sites for hydroxylation is 2. The minimum absolute atomic E-state index is 0.147. The Morgan fingerprint density at radius 3 is 2.04 bits per heavy atom. The summed E-state index contributed by atoms with van der Waals surface area (Å²) >= 11 is 0. The van der Waals surface area contributed by atoms with Gasteiger partial charge in [0, 0.05) is 11.1 Å². The molecule has 2 amide bonds. The zero-order valence-corrected chi connectivity index (χ0v) is 13.7. The maximum Gasteiger partial charge on any atom is 0.268 e. The van der Waals surface area contributed by atoms with Crippen LogP contribution in [0.4, 0.5) is 0 Å². The number of sulfonamides is 1. The average Bonchev–Trinajstić information content (AvgIpc) is 2.71. The van der Waals surface area contributed by atoms with Gasteiger partial charge in [0.15, 0.2) is 0 Å². The molecule has 0 spiro atoms. The molecule has 0 fully saturated rings. The number of benzene rings is 1. The first-order valence-electron chi connectivity index (χ1n) is 6.67. The second kappa shape index (κ2) is 5.88. The molecular weight excluding hydrogens is 320 g/mol. The molecule has 1 heterocycles. The van der Waals surface area contributed by atoms with Gasteiger partial charge >= 0.3 is 0 Å². The maximum absolute atomic E-state index is 12.2. The van der Waals surface area contributed by atoms with Crippen LogP contribution in [0, 0.1) is 20.8 Å². The van der Waals surface area contributed by atoms with E-state index < -0.39 is 21.8 Å². The third-order valence-electron chi connectivity index (χ3n) is 3.46. The molecule has 1 aromatic heterocycles. The fourth-order valence-corrected chi connectivity index (χ4v) is 3.12. The average molecular weight is 336 g/mol. The molecule has 7 nitrogen and oxygen atoms in total. The smallest absolute Gasteiger partial charge is 0.268 e. The van der Waals surface area contributed by atoms with Crippen LogP contribution in [-0.4, -0.2) is 20.2 Å². The van der Waals surface area contributed by atoms with Crippen LogP contribution in [0.3, 0.4) is 0 Å². The predicted molar refractivity (Wildman–Crippen MR) is 82.5 cm³/mol. The van der Waals surface area contributed by atoms with Crippen LogP contribution in [0.15, 0.2) is 33.6 Å². The summed E-state index contributed by atoms with van der Waals surface area (Å²) in [4.78, 5) is 23.1. The molecule has 2 aromatic rings. The van der Waals surface area contributed by atoms with Gasteiger partial charge < -0.3 is 10.2 Å². The van der Waals surface area contributed by atoms with Gasteiger partial charge in [-0.3, -0.25) is 9.59 Å². The predicted octanol–water partition coefficient (Wildman–Crippen LogP) is 1.42. The van der Waals surface area contributed by atoms with Crippen molar-refractivity contribution in [2.75, 3.05) is 0 Å². The van der Waals surface area contributed by atoms with Gasteiger partial charge in [-0.15, -0.1) is 0 Å². The second-order valence-corrected chi connectivity index (χ2v) is 6.72. The highest BCUT2D eigenvalue weighted by molar-refractivity contribution is 7.90. The first-order chi connectivity index (χ1) is 10.6. The highest BCUT2D eigenvalue weighted by atomic mass is 32.2. The van der Waals surface area contributed by atoms with E-state index in [0.717, 1.165) is 0 Å². The number of nitrogens with one attached hydrogen (secondary N) is 1. The number of nitrogens with two attached hydrogens (primary N) is 1. The lowest BCUT2D eigenvalue weighted by Gasteiger charge is -2.07. The Bertz CT molecular complexity index is 879. The van der Waals surface area contributed by atoms with Crippen LogP contribution in [0.2, 0.25) is 0 Å². The van der Waals surface area contributed by atoms with E-state index in [0.29, 0.717) is 17.1 Å². The lowest BCUT2D eigenvalue weighted by molar-refractivity contribution is 0.0976. The number of primary amides is 1. The summed E-state index contributed by atoms with van der Waals surface area (Å²) in [6.07, 6.45) is 0. The topological polar surface area (TPSA) is 119 Å². The zero-order valence-electron chi connectivity index (χ0n) is 12.8. The van der Waals surface area contributed by atoms with Gasteiger partial charge in [-0.2, -0.15) is 0 Å². The number of hydrogen-bond acceptors (Lipinski definition) is 5. The number of rotatable bonds is 4. The van der Waals surface area contributed by atoms with Crippen molar-refractivity contribution < 1.29 is 22.4 Å². The molecule has 0 bridgehead atoms. The Kier molecular flexibility index (Phi) is 4.28. The third kappa shape index (κ3) is 3.26. The lowest BCUT2D eigenvalue weighted by atomic mass is 10.1. The van der Waals surface area contributed by atoms with Gasteiger partial charge in [-0.25, -0.2) is 13.1 Å². The first-order valence-corrected chi connectivity index (χ1v) is 8.15. The van der Waals surface area contributed by atoms with Crippen molar-refractivity contribution in [3.05, 3.63) is 52.5 Å². The Balaban J connectivity index is 2.30. The minimum atomic E-state index is -4.07. The van der Waals surface area contributed by atoms with E-state index in [1.165, 1.54) is 24.3 Å². The van der Waals surface area contributed by atoms with Crippen molar-refractivity contribution in [3.8, 4) is 0 Å². The molecule has 3 N–H and O–H groups in total. The molecule has 0 unspecified atom stereocenters. The normalized spacial score (nSPS) is 11.3. The van der Waals surface area contributed by atoms with Crippen LogP contribution in [0.1, 0.15) is 37.8 Å². The SMILES string of the molecule is Cc1oc(C)c(C(=O)NS(=O)(=O)c2ccc(C(N)=O)cc2)c1C. The summed E-state index contributed by atoms with van der Waals surface area (Å²) in [5, 5.41) is 0. The summed E-state index contributed by atoms with van der Waals surface area (Å²) in [5.74, 6) is -0.540. The van der Waals surface area contributed by atoms with E-state index in [1.807, 2.05) is 4.72 Å². The van der Waals surface area contributed by atoms with E-state index in [-0.39, 0.29) is 16.0 Å². The highest BCUT2D eigenvalue weighted by Gasteiger charge is 2.24. The Morgan fingerprint density at radius 2 is 1.61 bits per heavy atom. The van der Waals surface area contributed by atoms with Gasteiger partial charge in [-0.05, 0) is 45.0 Å². The van der Waals surface area contributed by atoms with E-state index in [2.05, 4.69) is 0 Å². The van der Waals surface area contributed by atoms with Crippen LogP contribution in [-0.2, 0) is 10.0 Å². The van der Waals surface area contributed by atoms with Crippen molar-refractivity contribution in [3.63, 3.8) is 0 Å². The van der Waals surface area contributed by atoms with Crippen molar-refractivity contribution in [1.29, 1.82) is 0 Å².